The first-order chi connectivity index (χ1) is 9.65. The van der Waals surface area contributed by atoms with E-state index in [4.69, 9.17) is 23.2 Å². The second-order valence-electron chi connectivity index (χ2n) is 4.30. The van der Waals surface area contributed by atoms with E-state index in [1.807, 2.05) is 30.3 Å². The van der Waals surface area contributed by atoms with Gasteiger partial charge in [-0.2, -0.15) is 0 Å². The van der Waals surface area contributed by atoms with Crippen LogP contribution in [0.25, 0.3) is 10.9 Å². The predicted octanol–water partition coefficient (Wildman–Crippen LogP) is 5.03. The molecule has 20 heavy (non-hydrogen) atoms. The Labute approximate surface area is 125 Å². The molecule has 100 valence electrons. The summed E-state index contributed by atoms with van der Waals surface area (Å²) in [5.74, 6) is 0. The first-order valence-electron chi connectivity index (χ1n) is 5.97. The number of carbonyl (C=O) groups is 1. The molecule has 1 aromatic heterocycles. The Hall–Kier alpha value is -1.97. The summed E-state index contributed by atoms with van der Waals surface area (Å²) in [6.07, 6.45) is 1.73. The third kappa shape index (κ3) is 2.38. The number of nitrogens with one attached hydrogen (secondary N) is 1. The number of fused-ring (bicyclic) bond motifs is 1. The Kier molecular flexibility index (Phi) is 3.38. The van der Waals surface area contributed by atoms with E-state index in [1.54, 1.807) is 29.0 Å². The van der Waals surface area contributed by atoms with Crippen LogP contribution in [0.3, 0.4) is 0 Å². The zero-order chi connectivity index (χ0) is 14.1. The number of anilines is 1. The SMILES string of the molecule is O=C(Nc1ccc(Cl)c(Cl)c1)n1ccc2ccccc21. The molecule has 3 rings (SSSR count). The molecule has 0 aliphatic heterocycles. The molecule has 0 aliphatic rings. The number of para-hydroxylation sites is 1. The second-order valence-corrected chi connectivity index (χ2v) is 5.12. The van der Waals surface area contributed by atoms with Crippen LogP contribution in [0.4, 0.5) is 10.5 Å². The van der Waals surface area contributed by atoms with Gasteiger partial charge in [-0.1, -0.05) is 41.4 Å². The average molecular weight is 305 g/mol. The summed E-state index contributed by atoms with van der Waals surface area (Å²) in [7, 11) is 0. The highest BCUT2D eigenvalue weighted by Gasteiger charge is 2.09. The molecule has 0 aliphatic carbocycles. The van der Waals surface area contributed by atoms with Crippen LogP contribution in [0.5, 0.6) is 0 Å². The van der Waals surface area contributed by atoms with Crippen molar-refractivity contribution in [3.8, 4) is 0 Å². The van der Waals surface area contributed by atoms with Crippen molar-refractivity contribution >= 4 is 45.8 Å². The van der Waals surface area contributed by atoms with Gasteiger partial charge in [-0.25, -0.2) is 4.79 Å². The maximum absolute atomic E-state index is 12.3. The summed E-state index contributed by atoms with van der Waals surface area (Å²) >= 11 is 11.8. The quantitative estimate of drug-likeness (QED) is 0.672. The maximum atomic E-state index is 12.3. The lowest BCUT2D eigenvalue weighted by Gasteiger charge is -2.08. The summed E-state index contributed by atoms with van der Waals surface area (Å²) in [4.78, 5) is 12.3. The number of halogens is 2. The molecule has 1 amide bonds. The van der Waals surface area contributed by atoms with Gasteiger partial charge in [0.15, 0.2) is 0 Å². The minimum atomic E-state index is -0.246. The third-order valence-electron chi connectivity index (χ3n) is 2.99. The molecule has 1 heterocycles. The number of benzene rings is 2. The molecule has 0 radical (unpaired) electrons. The molecule has 3 aromatic rings. The molecule has 1 N–H and O–H groups in total. The summed E-state index contributed by atoms with van der Waals surface area (Å²) in [5.41, 5.74) is 1.45. The fraction of sp³-hybridized carbons (Fsp3) is 0. The summed E-state index contributed by atoms with van der Waals surface area (Å²) in [6.45, 7) is 0. The lowest BCUT2D eigenvalue weighted by atomic mass is 10.2. The molecule has 0 bridgehead atoms. The topological polar surface area (TPSA) is 34.0 Å². The summed E-state index contributed by atoms with van der Waals surface area (Å²) < 4.78 is 1.55. The van der Waals surface area contributed by atoms with Gasteiger partial charge in [-0.15, -0.1) is 0 Å². The van der Waals surface area contributed by atoms with Crippen LogP contribution in [0.15, 0.2) is 54.7 Å². The van der Waals surface area contributed by atoms with Crippen molar-refractivity contribution in [3.05, 3.63) is 64.8 Å². The highest BCUT2D eigenvalue weighted by atomic mass is 35.5. The van der Waals surface area contributed by atoms with Crippen LogP contribution in [-0.4, -0.2) is 10.6 Å². The number of hydrogen-bond acceptors (Lipinski definition) is 1. The zero-order valence-corrected chi connectivity index (χ0v) is 11.8. The number of nitrogens with zero attached hydrogens (tertiary/aromatic N) is 1. The molecule has 0 atom stereocenters. The van der Waals surface area contributed by atoms with E-state index in [-0.39, 0.29) is 6.03 Å². The predicted molar refractivity (Wildman–Crippen MR) is 82.8 cm³/mol. The third-order valence-corrected chi connectivity index (χ3v) is 3.73. The normalized spacial score (nSPS) is 10.7. The standard InChI is InChI=1S/C15H10Cl2N2O/c16-12-6-5-11(9-13(12)17)18-15(20)19-8-7-10-3-1-2-4-14(10)19/h1-9H,(H,18,20). The van der Waals surface area contributed by atoms with E-state index >= 15 is 0 Å². The van der Waals surface area contributed by atoms with Crippen molar-refractivity contribution in [2.24, 2.45) is 0 Å². The molecule has 0 fully saturated rings. The van der Waals surface area contributed by atoms with Gasteiger partial charge in [0.25, 0.3) is 0 Å². The Morgan fingerprint density at radius 3 is 2.60 bits per heavy atom. The van der Waals surface area contributed by atoms with Crippen molar-refractivity contribution in [1.29, 1.82) is 0 Å². The Bertz CT molecular complexity index is 795. The van der Waals surface area contributed by atoms with Gasteiger partial charge in [-0.3, -0.25) is 4.57 Å². The van der Waals surface area contributed by atoms with Gasteiger partial charge < -0.3 is 5.32 Å². The molecule has 2 aromatic carbocycles. The molecular formula is C15H10Cl2N2O. The minimum absolute atomic E-state index is 0.246. The van der Waals surface area contributed by atoms with Gasteiger partial charge in [0.2, 0.25) is 0 Å². The van der Waals surface area contributed by atoms with Crippen LogP contribution in [0, 0.1) is 0 Å². The Morgan fingerprint density at radius 1 is 1.00 bits per heavy atom. The van der Waals surface area contributed by atoms with Gasteiger partial charge in [0, 0.05) is 17.3 Å². The van der Waals surface area contributed by atoms with Gasteiger partial charge >= 0.3 is 6.03 Å². The lowest BCUT2D eigenvalue weighted by Crippen LogP contribution is -2.18. The average Bonchev–Trinajstić information content (AvgIpc) is 2.87. The number of rotatable bonds is 1. The monoisotopic (exact) mass is 304 g/mol. The zero-order valence-electron chi connectivity index (χ0n) is 10.3. The van der Waals surface area contributed by atoms with E-state index in [2.05, 4.69) is 5.32 Å². The largest absolute Gasteiger partial charge is 0.330 e. The smallest absolute Gasteiger partial charge is 0.307 e. The van der Waals surface area contributed by atoms with Gasteiger partial charge in [0.1, 0.15) is 0 Å². The highest BCUT2D eigenvalue weighted by Crippen LogP contribution is 2.25. The molecular weight excluding hydrogens is 295 g/mol. The first-order valence-corrected chi connectivity index (χ1v) is 6.73. The van der Waals surface area contributed by atoms with E-state index in [1.165, 1.54) is 0 Å². The molecule has 3 nitrogen and oxygen atoms in total. The van der Waals surface area contributed by atoms with Crippen LogP contribution in [0.1, 0.15) is 0 Å². The van der Waals surface area contributed by atoms with E-state index in [0.717, 1.165) is 10.9 Å². The van der Waals surface area contributed by atoms with Gasteiger partial charge in [-0.05, 0) is 30.3 Å². The fourth-order valence-corrected chi connectivity index (χ4v) is 2.32. The second kappa shape index (κ2) is 5.19. The van der Waals surface area contributed by atoms with Crippen molar-refractivity contribution in [1.82, 2.24) is 4.57 Å². The maximum Gasteiger partial charge on any atom is 0.330 e. The van der Waals surface area contributed by atoms with Crippen LogP contribution >= 0.6 is 23.2 Å². The number of hydrogen-bond donors (Lipinski definition) is 1. The van der Waals surface area contributed by atoms with E-state index in [0.29, 0.717) is 15.7 Å². The van der Waals surface area contributed by atoms with Crippen molar-refractivity contribution in [3.63, 3.8) is 0 Å². The Balaban J connectivity index is 1.91. The van der Waals surface area contributed by atoms with Gasteiger partial charge in [0.05, 0.1) is 15.6 Å². The summed E-state index contributed by atoms with van der Waals surface area (Å²) in [5, 5.41) is 4.66. The molecule has 0 saturated carbocycles. The molecule has 0 saturated heterocycles. The minimum Gasteiger partial charge on any atom is -0.307 e. The number of carbonyl (C=O) groups excluding carboxylic acids is 1. The summed E-state index contributed by atoms with van der Waals surface area (Å²) in [6, 6.07) is 14.3. The van der Waals surface area contributed by atoms with Crippen molar-refractivity contribution in [2.45, 2.75) is 0 Å². The number of aromatic nitrogens is 1. The highest BCUT2D eigenvalue weighted by molar-refractivity contribution is 6.42. The van der Waals surface area contributed by atoms with Crippen LogP contribution in [-0.2, 0) is 0 Å². The molecule has 0 unspecified atom stereocenters. The van der Waals surface area contributed by atoms with E-state index < -0.39 is 0 Å². The van der Waals surface area contributed by atoms with Crippen molar-refractivity contribution in [2.75, 3.05) is 5.32 Å². The van der Waals surface area contributed by atoms with Crippen LogP contribution in [0.2, 0.25) is 10.0 Å². The van der Waals surface area contributed by atoms with Crippen molar-refractivity contribution < 1.29 is 4.79 Å². The fourth-order valence-electron chi connectivity index (χ4n) is 2.02. The van der Waals surface area contributed by atoms with Crippen LogP contribution < -0.4 is 5.32 Å². The lowest BCUT2D eigenvalue weighted by molar-refractivity contribution is 0.254. The number of amides is 1. The molecule has 0 spiro atoms. The van der Waals surface area contributed by atoms with E-state index in [9.17, 15) is 4.79 Å². The Morgan fingerprint density at radius 2 is 1.80 bits per heavy atom. The first kappa shape index (κ1) is 13.0. The molecule has 5 heteroatoms.